The summed E-state index contributed by atoms with van der Waals surface area (Å²) in [5.74, 6) is 0. The highest BCUT2D eigenvalue weighted by Crippen LogP contribution is 2.23. The number of hydrogen-bond acceptors (Lipinski definition) is 0. The van der Waals surface area contributed by atoms with E-state index in [1.807, 2.05) is 0 Å². The molecule has 0 saturated heterocycles. The van der Waals surface area contributed by atoms with Crippen LogP contribution in [0.15, 0.2) is 23.3 Å². The molecule has 1 aliphatic heterocycles. The van der Waals surface area contributed by atoms with Gasteiger partial charge in [0.25, 0.3) is 0 Å². The highest BCUT2D eigenvalue weighted by molar-refractivity contribution is 5.32. The highest BCUT2D eigenvalue weighted by Gasteiger charge is 2.11. The summed E-state index contributed by atoms with van der Waals surface area (Å²) in [7, 11) is 0. The van der Waals surface area contributed by atoms with Crippen molar-refractivity contribution >= 4 is 0 Å². The van der Waals surface area contributed by atoms with Crippen LogP contribution in [0.2, 0.25) is 0 Å². The van der Waals surface area contributed by atoms with E-state index >= 15 is 0 Å². The summed E-state index contributed by atoms with van der Waals surface area (Å²) in [6.45, 7) is 2.04. The molecule has 0 aromatic rings. The molecule has 1 heteroatoms. The Labute approximate surface area is 61.8 Å². The van der Waals surface area contributed by atoms with Gasteiger partial charge in [-0.2, -0.15) is 0 Å². The summed E-state index contributed by atoms with van der Waals surface area (Å²) in [5, 5.41) is 4.35. The Morgan fingerprint density at radius 3 is 3.20 bits per heavy atom. The topological polar surface area (TPSA) is 14.1 Å². The van der Waals surface area contributed by atoms with E-state index in [2.05, 4.69) is 17.5 Å². The smallest absolute Gasteiger partial charge is 0.0383 e. The number of nitrogens with zero attached hydrogens (tertiary/aromatic N) is 1. The number of hydrogen-bond donors (Lipinski definition) is 0. The second-order valence-electron chi connectivity index (χ2n) is 2.93. The van der Waals surface area contributed by atoms with Crippen LogP contribution in [-0.2, 0) is 0 Å². The molecule has 1 radical (unpaired) electrons. The van der Waals surface area contributed by atoms with E-state index in [-0.39, 0.29) is 0 Å². The van der Waals surface area contributed by atoms with Crippen LogP contribution in [0.25, 0.3) is 0 Å². The molecule has 0 N–H and O–H groups in total. The van der Waals surface area contributed by atoms with Gasteiger partial charge < -0.3 is 0 Å². The zero-order valence-corrected chi connectivity index (χ0v) is 6.14. The molecule has 0 unspecified atom stereocenters. The fourth-order valence-corrected chi connectivity index (χ4v) is 1.63. The van der Waals surface area contributed by atoms with Crippen LogP contribution >= 0.6 is 0 Å². The average molecular weight is 134 g/mol. The molecule has 0 bridgehead atoms. The fourth-order valence-electron chi connectivity index (χ4n) is 1.63. The first-order valence-corrected chi connectivity index (χ1v) is 3.97. The maximum atomic E-state index is 4.35. The molecule has 10 heavy (non-hydrogen) atoms. The molecule has 0 amide bonds. The predicted octanol–water partition coefficient (Wildman–Crippen LogP) is 1.64. The van der Waals surface area contributed by atoms with Crippen molar-refractivity contribution in [3.05, 3.63) is 23.3 Å². The van der Waals surface area contributed by atoms with E-state index in [0.29, 0.717) is 0 Å². The Hall–Kier alpha value is -0.560. The SMILES string of the molecule is C1=CC2=C(CC1)CC[N]C2. The van der Waals surface area contributed by atoms with E-state index in [1.165, 1.54) is 24.8 Å². The van der Waals surface area contributed by atoms with Crippen molar-refractivity contribution < 1.29 is 0 Å². The Morgan fingerprint density at radius 1 is 1.30 bits per heavy atom. The lowest BCUT2D eigenvalue weighted by Crippen LogP contribution is -2.19. The lowest BCUT2D eigenvalue weighted by molar-refractivity contribution is 0.645. The van der Waals surface area contributed by atoms with Crippen molar-refractivity contribution in [1.29, 1.82) is 0 Å². The summed E-state index contributed by atoms with van der Waals surface area (Å²) < 4.78 is 0. The van der Waals surface area contributed by atoms with Crippen LogP contribution < -0.4 is 5.32 Å². The minimum atomic E-state index is 0.978. The third kappa shape index (κ3) is 1.01. The van der Waals surface area contributed by atoms with Gasteiger partial charge in [-0.05, 0) is 24.8 Å². The largest absolute Gasteiger partial charge is 0.237 e. The van der Waals surface area contributed by atoms with Crippen LogP contribution in [0.5, 0.6) is 0 Å². The molecule has 53 valence electrons. The van der Waals surface area contributed by atoms with Crippen molar-refractivity contribution in [3.8, 4) is 0 Å². The lowest BCUT2D eigenvalue weighted by atomic mass is 9.93. The van der Waals surface area contributed by atoms with Crippen LogP contribution in [0.3, 0.4) is 0 Å². The first-order chi connectivity index (χ1) is 4.97. The van der Waals surface area contributed by atoms with E-state index in [1.54, 1.807) is 5.57 Å². The molecule has 0 spiro atoms. The summed E-state index contributed by atoms with van der Waals surface area (Å²) in [4.78, 5) is 0. The normalized spacial score (nSPS) is 24.8. The summed E-state index contributed by atoms with van der Waals surface area (Å²) in [5.41, 5.74) is 3.16. The van der Waals surface area contributed by atoms with Crippen molar-refractivity contribution in [2.24, 2.45) is 0 Å². The van der Waals surface area contributed by atoms with E-state index in [9.17, 15) is 0 Å². The van der Waals surface area contributed by atoms with Crippen LogP contribution in [0.4, 0.5) is 0 Å². The molecule has 0 atom stereocenters. The van der Waals surface area contributed by atoms with Gasteiger partial charge in [-0.3, -0.25) is 0 Å². The fraction of sp³-hybridized carbons (Fsp3) is 0.556. The predicted molar refractivity (Wildman–Crippen MR) is 41.9 cm³/mol. The van der Waals surface area contributed by atoms with Crippen molar-refractivity contribution in [2.45, 2.75) is 19.3 Å². The van der Waals surface area contributed by atoms with Gasteiger partial charge in [-0.25, -0.2) is 5.32 Å². The Morgan fingerprint density at radius 2 is 2.30 bits per heavy atom. The molecule has 2 aliphatic rings. The monoisotopic (exact) mass is 134 g/mol. The first-order valence-electron chi connectivity index (χ1n) is 3.97. The van der Waals surface area contributed by atoms with Gasteiger partial charge in [0.1, 0.15) is 0 Å². The maximum Gasteiger partial charge on any atom is 0.0383 e. The summed E-state index contributed by atoms with van der Waals surface area (Å²) >= 11 is 0. The molecular weight excluding hydrogens is 122 g/mol. The Bertz CT molecular complexity index is 189. The molecule has 1 heterocycles. The minimum absolute atomic E-state index is 0.978. The van der Waals surface area contributed by atoms with Gasteiger partial charge in [-0.15, -0.1) is 0 Å². The van der Waals surface area contributed by atoms with Gasteiger partial charge in [0.15, 0.2) is 0 Å². The highest BCUT2D eigenvalue weighted by atomic mass is 14.9. The van der Waals surface area contributed by atoms with E-state index in [4.69, 9.17) is 0 Å². The van der Waals surface area contributed by atoms with Crippen LogP contribution in [0, 0.1) is 0 Å². The summed E-state index contributed by atoms with van der Waals surface area (Å²) in [6.07, 6.45) is 8.28. The second-order valence-corrected chi connectivity index (χ2v) is 2.93. The number of allylic oxidation sites excluding steroid dienone is 1. The first kappa shape index (κ1) is 6.17. The van der Waals surface area contributed by atoms with Crippen LogP contribution in [0.1, 0.15) is 19.3 Å². The second kappa shape index (κ2) is 2.59. The zero-order chi connectivity index (χ0) is 6.81. The molecule has 0 aromatic carbocycles. The summed E-state index contributed by atoms with van der Waals surface area (Å²) in [6, 6.07) is 0. The third-order valence-electron chi connectivity index (χ3n) is 2.24. The van der Waals surface area contributed by atoms with Crippen molar-refractivity contribution in [2.75, 3.05) is 13.1 Å². The zero-order valence-electron chi connectivity index (χ0n) is 6.14. The number of rotatable bonds is 0. The molecule has 0 saturated carbocycles. The third-order valence-corrected chi connectivity index (χ3v) is 2.24. The Balaban J connectivity index is 2.23. The van der Waals surface area contributed by atoms with Crippen molar-refractivity contribution in [3.63, 3.8) is 0 Å². The maximum absolute atomic E-state index is 4.35. The standard InChI is InChI=1S/C9H12N/c1-2-4-9-7-10-6-5-8(9)3-1/h2,4H,1,3,5-7H2. The molecule has 1 aliphatic carbocycles. The van der Waals surface area contributed by atoms with Gasteiger partial charge in [0.05, 0.1) is 0 Å². The van der Waals surface area contributed by atoms with Gasteiger partial charge in [-0.1, -0.05) is 17.7 Å². The molecule has 1 nitrogen and oxygen atoms in total. The molecular formula is C9H12N. The lowest BCUT2D eigenvalue weighted by Gasteiger charge is -2.20. The molecule has 2 rings (SSSR count). The van der Waals surface area contributed by atoms with Gasteiger partial charge in [0.2, 0.25) is 0 Å². The van der Waals surface area contributed by atoms with E-state index in [0.717, 1.165) is 13.1 Å². The quantitative estimate of drug-likeness (QED) is 0.478. The molecule has 0 fully saturated rings. The average Bonchev–Trinajstić information content (AvgIpc) is 2.05. The van der Waals surface area contributed by atoms with Crippen molar-refractivity contribution in [1.82, 2.24) is 5.32 Å². The minimum Gasteiger partial charge on any atom is -0.237 e. The van der Waals surface area contributed by atoms with Gasteiger partial charge in [0, 0.05) is 13.1 Å². The molecule has 0 aromatic heterocycles. The Kier molecular flexibility index (Phi) is 1.60. The van der Waals surface area contributed by atoms with E-state index < -0.39 is 0 Å². The van der Waals surface area contributed by atoms with Gasteiger partial charge >= 0.3 is 0 Å². The van der Waals surface area contributed by atoms with Crippen LogP contribution in [-0.4, -0.2) is 13.1 Å².